The molecule has 0 aliphatic carbocycles. The minimum Gasteiger partial charge on any atom is -0.388 e. The number of hydrogen-bond acceptors (Lipinski definition) is 12. The maximum absolute atomic E-state index is 11.0. The van der Waals surface area contributed by atoms with Crippen molar-refractivity contribution in [2.75, 3.05) is 12.3 Å². The number of ether oxygens (including phenoxy) is 2. The molecule has 0 amide bonds. The molecule has 0 radical (unpaired) electrons. The van der Waals surface area contributed by atoms with Gasteiger partial charge < -0.3 is 64.4 Å². The summed E-state index contributed by atoms with van der Waals surface area (Å²) >= 11 is 0. The largest absolute Gasteiger partial charge is 0.388 e. The summed E-state index contributed by atoms with van der Waals surface area (Å²) in [7, 11) is -6.75. The van der Waals surface area contributed by atoms with Gasteiger partial charge in [-0.1, -0.05) is 0 Å². The van der Waals surface area contributed by atoms with E-state index in [4.69, 9.17) is 23.8 Å². The number of aliphatic hydroxyl groups excluding tert-OH is 7. The Morgan fingerprint density at radius 1 is 0.767 bits per heavy atom. The smallest absolute Gasteiger partial charge is 0.325 e. The van der Waals surface area contributed by atoms with Crippen molar-refractivity contribution in [3.8, 4) is 0 Å². The number of hydrogen-bond donors (Lipinski definition) is 10. The van der Waals surface area contributed by atoms with Crippen LogP contribution in [-0.4, -0.2) is 124 Å². The average molecular weight is 482 g/mol. The monoisotopic (exact) mass is 482 g/mol. The maximum atomic E-state index is 11.0. The Labute approximate surface area is 172 Å². The highest BCUT2D eigenvalue weighted by Crippen LogP contribution is 2.41. The normalized spacial score (nSPS) is 44.1. The SMILES string of the molecule is O=P(O)(O)CCC1O[C@H](OP(O)CCC2O[C@H](O)C(O)C(O)[C@@H]2O)C(O)C(O)[C@@H]1O. The van der Waals surface area contributed by atoms with Crippen LogP contribution in [0.1, 0.15) is 12.8 Å². The fourth-order valence-electron chi connectivity index (χ4n) is 3.12. The van der Waals surface area contributed by atoms with Crippen LogP contribution < -0.4 is 0 Å². The standard InChI is InChI=1S/C14H28O14P2/c15-7-5(26-13(21)11(19)9(7)17)1-3-29(22)28-14-12(20)10(18)8(16)6(27-14)2-4-30(23,24)25/h5-22H,1-4H2,(H2,23,24,25)/t5?,6?,7-,8-,9?,10?,11?,12?,13+,14-,29?/m1/s1. The molecule has 2 aliphatic rings. The van der Waals surface area contributed by atoms with Gasteiger partial charge in [0.25, 0.3) is 0 Å². The summed E-state index contributed by atoms with van der Waals surface area (Å²) in [5, 5.41) is 68.3. The van der Waals surface area contributed by atoms with Gasteiger partial charge >= 0.3 is 7.60 Å². The third kappa shape index (κ3) is 6.82. The molecule has 2 saturated heterocycles. The Balaban J connectivity index is 1.89. The van der Waals surface area contributed by atoms with Gasteiger partial charge in [-0.05, 0) is 12.8 Å². The van der Waals surface area contributed by atoms with E-state index in [9.17, 15) is 45.2 Å². The van der Waals surface area contributed by atoms with E-state index in [1.54, 1.807) is 0 Å². The Hall–Kier alpha value is 0.140. The van der Waals surface area contributed by atoms with Crippen molar-refractivity contribution in [2.45, 2.75) is 74.3 Å². The second-order valence-electron chi connectivity index (χ2n) is 7.20. The topological polar surface area (TPSA) is 247 Å². The van der Waals surface area contributed by atoms with Crippen LogP contribution in [0.15, 0.2) is 0 Å². The molecule has 30 heavy (non-hydrogen) atoms. The minimum absolute atomic E-state index is 0.125. The Bertz CT molecular complexity index is 591. The van der Waals surface area contributed by atoms with Crippen molar-refractivity contribution in [3.63, 3.8) is 0 Å². The Morgan fingerprint density at radius 2 is 1.30 bits per heavy atom. The van der Waals surface area contributed by atoms with E-state index in [1.807, 2.05) is 0 Å². The van der Waals surface area contributed by atoms with Gasteiger partial charge in [0.2, 0.25) is 0 Å². The van der Waals surface area contributed by atoms with Crippen LogP contribution >= 0.6 is 16.0 Å². The van der Waals surface area contributed by atoms with Gasteiger partial charge in [-0.3, -0.25) is 4.57 Å². The number of rotatable bonds is 8. The third-order valence-electron chi connectivity index (χ3n) is 4.89. The van der Waals surface area contributed by atoms with Crippen molar-refractivity contribution in [1.82, 2.24) is 0 Å². The molecule has 2 rings (SSSR count). The first-order chi connectivity index (χ1) is 13.8. The number of aliphatic hydroxyl groups is 7. The first-order valence-electron chi connectivity index (χ1n) is 9.07. The van der Waals surface area contributed by atoms with Crippen molar-refractivity contribution < 1.29 is 69.0 Å². The van der Waals surface area contributed by atoms with Crippen LogP contribution in [-0.2, 0) is 18.6 Å². The van der Waals surface area contributed by atoms with Crippen LogP contribution in [0, 0.1) is 0 Å². The Kier molecular flexibility index (Phi) is 9.54. The zero-order valence-corrected chi connectivity index (χ0v) is 17.4. The van der Waals surface area contributed by atoms with Crippen molar-refractivity contribution in [1.29, 1.82) is 0 Å². The van der Waals surface area contributed by atoms with Gasteiger partial charge in [0, 0.05) is 6.16 Å². The first kappa shape index (κ1) is 26.4. The second kappa shape index (κ2) is 10.8. The first-order valence-corrected chi connectivity index (χ1v) is 12.3. The lowest BCUT2D eigenvalue weighted by Gasteiger charge is -2.41. The average Bonchev–Trinajstić information content (AvgIpc) is 2.66. The van der Waals surface area contributed by atoms with E-state index >= 15 is 0 Å². The van der Waals surface area contributed by atoms with Crippen molar-refractivity contribution in [3.05, 3.63) is 0 Å². The maximum Gasteiger partial charge on any atom is 0.325 e. The summed E-state index contributed by atoms with van der Waals surface area (Å²) in [6.45, 7) is 0. The molecule has 2 fully saturated rings. The zero-order valence-electron chi connectivity index (χ0n) is 15.6. The van der Waals surface area contributed by atoms with E-state index in [0.29, 0.717) is 0 Å². The molecule has 7 unspecified atom stereocenters. The molecule has 14 nitrogen and oxygen atoms in total. The molecule has 2 heterocycles. The summed E-state index contributed by atoms with van der Waals surface area (Å²) in [5.74, 6) is 0. The molecular weight excluding hydrogens is 454 g/mol. The molecular formula is C14H28O14P2. The van der Waals surface area contributed by atoms with Crippen molar-refractivity contribution in [2.24, 2.45) is 0 Å². The molecule has 0 spiro atoms. The molecule has 0 aromatic heterocycles. The van der Waals surface area contributed by atoms with E-state index in [1.165, 1.54) is 0 Å². The van der Waals surface area contributed by atoms with Gasteiger partial charge in [-0.2, -0.15) is 0 Å². The fraction of sp³-hybridized carbons (Fsp3) is 1.00. The summed E-state index contributed by atoms with van der Waals surface area (Å²) < 4.78 is 26.4. The minimum atomic E-state index is -4.41. The zero-order chi connectivity index (χ0) is 22.8. The van der Waals surface area contributed by atoms with Gasteiger partial charge in [-0.25, -0.2) is 0 Å². The lowest BCUT2D eigenvalue weighted by molar-refractivity contribution is -0.282. The Morgan fingerprint density at radius 3 is 1.87 bits per heavy atom. The fourth-order valence-corrected chi connectivity index (χ4v) is 4.70. The lowest BCUT2D eigenvalue weighted by atomic mass is 9.97. The highest BCUT2D eigenvalue weighted by atomic mass is 31.2. The predicted octanol–water partition coefficient (Wildman–Crippen LogP) is -4.13. The molecule has 16 heteroatoms. The summed E-state index contributed by atoms with van der Waals surface area (Å²) in [5.41, 5.74) is 0. The van der Waals surface area contributed by atoms with Gasteiger partial charge in [0.1, 0.15) is 36.6 Å². The van der Waals surface area contributed by atoms with Crippen LogP contribution in [0.2, 0.25) is 0 Å². The van der Waals surface area contributed by atoms with Gasteiger partial charge in [0.05, 0.1) is 18.4 Å². The van der Waals surface area contributed by atoms with Crippen LogP contribution in [0.5, 0.6) is 0 Å². The van der Waals surface area contributed by atoms with E-state index in [2.05, 4.69) is 0 Å². The molecule has 0 bridgehead atoms. The second-order valence-corrected chi connectivity index (χ2v) is 10.3. The van der Waals surface area contributed by atoms with Crippen LogP contribution in [0.3, 0.4) is 0 Å². The van der Waals surface area contributed by atoms with Crippen LogP contribution in [0.25, 0.3) is 0 Å². The predicted molar refractivity (Wildman–Crippen MR) is 96.8 cm³/mol. The highest BCUT2D eigenvalue weighted by molar-refractivity contribution is 7.51. The molecule has 0 aromatic rings. The summed E-state index contributed by atoms with van der Waals surface area (Å²) in [6.07, 6.45) is -17.2. The van der Waals surface area contributed by atoms with Gasteiger partial charge in [-0.15, -0.1) is 0 Å². The quantitative estimate of drug-likeness (QED) is 0.148. The molecule has 2 aliphatic heterocycles. The molecule has 11 atom stereocenters. The third-order valence-corrected chi connectivity index (χ3v) is 6.82. The van der Waals surface area contributed by atoms with Gasteiger partial charge in [0.15, 0.2) is 21.0 Å². The molecule has 0 saturated carbocycles. The molecule has 10 N–H and O–H groups in total. The van der Waals surface area contributed by atoms with Crippen molar-refractivity contribution >= 4 is 16.0 Å². The van der Waals surface area contributed by atoms with E-state index < -0.39 is 83.5 Å². The van der Waals surface area contributed by atoms with Crippen LogP contribution in [0.4, 0.5) is 0 Å². The summed E-state index contributed by atoms with van der Waals surface area (Å²) in [6, 6.07) is 0. The molecule has 0 aromatic carbocycles. The van der Waals surface area contributed by atoms with E-state index in [-0.39, 0.29) is 19.0 Å². The van der Waals surface area contributed by atoms with E-state index in [0.717, 1.165) is 0 Å². The molecule has 178 valence electrons. The lowest BCUT2D eigenvalue weighted by Crippen LogP contribution is -2.58. The summed E-state index contributed by atoms with van der Waals surface area (Å²) in [4.78, 5) is 28.0. The highest BCUT2D eigenvalue weighted by Gasteiger charge is 2.46.